The van der Waals surface area contributed by atoms with Gasteiger partial charge in [-0.2, -0.15) is 0 Å². The molecule has 104 valence electrons. The van der Waals surface area contributed by atoms with Gasteiger partial charge in [-0.15, -0.1) is 0 Å². The second-order valence-electron chi connectivity index (χ2n) is 4.97. The number of fused-ring (bicyclic) bond motifs is 1. The van der Waals surface area contributed by atoms with E-state index in [4.69, 9.17) is 0 Å². The molecule has 0 radical (unpaired) electrons. The second-order valence-corrected chi connectivity index (χ2v) is 4.97. The van der Waals surface area contributed by atoms with Crippen LogP contribution in [0.4, 0.5) is 8.78 Å². The quantitative estimate of drug-likeness (QED) is 0.901. The zero-order valence-corrected chi connectivity index (χ0v) is 11.5. The minimum absolute atomic E-state index is 0.129. The molecule has 19 heavy (non-hydrogen) atoms. The summed E-state index contributed by atoms with van der Waals surface area (Å²) in [6, 6.07) is 2.91. The van der Waals surface area contributed by atoms with Gasteiger partial charge in [-0.05, 0) is 20.3 Å². The fourth-order valence-electron chi connectivity index (χ4n) is 1.99. The molecule has 2 atom stereocenters. The van der Waals surface area contributed by atoms with Gasteiger partial charge < -0.3 is 9.88 Å². The molecule has 1 aromatic carbocycles. The highest BCUT2D eigenvalue weighted by Gasteiger charge is 2.13. The predicted octanol–water partition coefficient (Wildman–Crippen LogP) is 3.26. The van der Waals surface area contributed by atoms with E-state index >= 15 is 0 Å². The molecular weight excluding hydrogens is 248 g/mol. The zero-order valence-electron chi connectivity index (χ0n) is 11.5. The van der Waals surface area contributed by atoms with Gasteiger partial charge in [0.2, 0.25) is 0 Å². The molecular formula is C14H19F2N3. The molecule has 2 aromatic rings. The fraction of sp³-hybridized carbons (Fsp3) is 0.500. The summed E-state index contributed by atoms with van der Waals surface area (Å²) in [4.78, 5) is 4.12. The molecule has 2 unspecified atom stereocenters. The molecule has 0 saturated carbocycles. The van der Waals surface area contributed by atoms with Crippen molar-refractivity contribution in [3.8, 4) is 0 Å². The summed E-state index contributed by atoms with van der Waals surface area (Å²) in [6.07, 6.45) is 2.68. The Bertz CT molecular complexity index is 565. The first-order valence-electron chi connectivity index (χ1n) is 6.58. The SMILES string of the molecule is CCC(C)NCC(C)n1cnc2cc(F)c(F)cc21. The lowest BCUT2D eigenvalue weighted by Crippen LogP contribution is -2.30. The number of rotatable bonds is 5. The smallest absolute Gasteiger partial charge is 0.161 e. The lowest BCUT2D eigenvalue weighted by molar-refractivity contribution is 0.450. The number of imidazole rings is 1. The van der Waals surface area contributed by atoms with Crippen molar-refractivity contribution in [2.24, 2.45) is 0 Å². The molecule has 1 aromatic heterocycles. The third kappa shape index (κ3) is 2.92. The molecule has 0 spiro atoms. The Morgan fingerprint density at radius 2 is 1.95 bits per heavy atom. The molecule has 0 aliphatic carbocycles. The lowest BCUT2D eigenvalue weighted by atomic mass is 10.2. The van der Waals surface area contributed by atoms with E-state index < -0.39 is 11.6 Å². The van der Waals surface area contributed by atoms with E-state index in [0.717, 1.165) is 19.0 Å². The van der Waals surface area contributed by atoms with E-state index in [1.807, 2.05) is 11.5 Å². The third-order valence-electron chi connectivity index (χ3n) is 3.47. The first kappa shape index (κ1) is 13.9. The standard InChI is InChI=1S/C14H19F2N3/c1-4-9(2)17-7-10(3)19-8-18-13-5-11(15)12(16)6-14(13)19/h5-6,8-10,17H,4,7H2,1-3H3. The molecule has 0 saturated heterocycles. The first-order valence-corrected chi connectivity index (χ1v) is 6.58. The Hall–Kier alpha value is -1.49. The van der Waals surface area contributed by atoms with Crippen molar-refractivity contribution in [3.63, 3.8) is 0 Å². The van der Waals surface area contributed by atoms with E-state index in [-0.39, 0.29) is 6.04 Å². The Morgan fingerprint density at radius 3 is 2.63 bits per heavy atom. The summed E-state index contributed by atoms with van der Waals surface area (Å²) >= 11 is 0. The van der Waals surface area contributed by atoms with Gasteiger partial charge in [0, 0.05) is 30.8 Å². The summed E-state index contributed by atoms with van der Waals surface area (Å²) in [5.74, 6) is -1.69. The maximum Gasteiger partial charge on any atom is 0.161 e. The van der Waals surface area contributed by atoms with Crippen LogP contribution in [-0.4, -0.2) is 22.1 Å². The minimum Gasteiger partial charge on any atom is -0.326 e. The normalized spacial score (nSPS) is 14.8. The van der Waals surface area contributed by atoms with Crippen molar-refractivity contribution in [1.29, 1.82) is 0 Å². The van der Waals surface area contributed by atoms with Crippen molar-refractivity contribution < 1.29 is 8.78 Å². The van der Waals surface area contributed by atoms with Gasteiger partial charge in [-0.1, -0.05) is 6.92 Å². The number of nitrogens with zero attached hydrogens (tertiary/aromatic N) is 2. The van der Waals surface area contributed by atoms with Crippen molar-refractivity contribution in [2.45, 2.75) is 39.3 Å². The van der Waals surface area contributed by atoms with E-state index in [1.165, 1.54) is 6.07 Å². The Kier molecular flexibility index (Phi) is 4.14. The molecule has 1 N–H and O–H groups in total. The van der Waals surface area contributed by atoms with Gasteiger partial charge in [0.25, 0.3) is 0 Å². The fourth-order valence-corrected chi connectivity index (χ4v) is 1.99. The van der Waals surface area contributed by atoms with Crippen LogP contribution in [0.3, 0.4) is 0 Å². The van der Waals surface area contributed by atoms with E-state index in [1.54, 1.807) is 6.33 Å². The van der Waals surface area contributed by atoms with Crippen LogP contribution in [0.5, 0.6) is 0 Å². The maximum atomic E-state index is 13.3. The molecule has 5 heteroatoms. The number of halogens is 2. The first-order chi connectivity index (χ1) is 9.02. The zero-order chi connectivity index (χ0) is 14.0. The largest absolute Gasteiger partial charge is 0.326 e. The molecule has 0 bridgehead atoms. The Labute approximate surface area is 111 Å². The molecule has 1 heterocycles. The summed E-state index contributed by atoms with van der Waals surface area (Å²) in [6.45, 7) is 7.03. The monoisotopic (exact) mass is 267 g/mol. The van der Waals surface area contributed by atoms with E-state index in [9.17, 15) is 8.78 Å². The van der Waals surface area contributed by atoms with Gasteiger partial charge >= 0.3 is 0 Å². The molecule has 0 aliphatic heterocycles. The van der Waals surface area contributed by atoms with Crippen LogP contribution in [0, 0.1) is 11.6 Å². The van der Waals surface area contributed by atoms with Crippen LogP contribution in [0.1, 0.15) is 33.2 Å². The van der Waals surface area contributed by atoms with Gasteiger partial charge in [0.05, 0.1) is 17.4 Å². The number of hydrogen-bond acceptors (Lipinski definition) is 2. The van der Waals surface area contributed by atoms with Crippen LogP contribution >= 0.6 is 0 Å². The summed E-state index contributed by atoms with van der Waals surface area (Å²) in [7, 11) is 0. The average molecular weight is 267 g/mol. The number of hydrogen-bond donors (Lipinski definition) is 1. The van der Waals surface area contributed by atoms with Crippen LogP contribution in [0.2, 0.25) is 0 Å². The number of nitrogens with one attached hydrogen (secondary N) is 1. The minimum atomic E-state index is -0.858. The number of aromatic nitrogens is 2. The van der Waals surface area contributed by atoms with Crippen molar-refractivity contribution in [1.82, 2.24) is 14.9 Å². The highest BCUT2D eigenvalue weighted by atomic mass is 19.2. The van der Waals surface area contributed by atoms with Gasteiger partial charge in [0.1, 0.15) is 0 Å². The summed E-state index contributed by atoms with van der Waals surface area (Å²) < 4.78 is 28.3. The van der Waals surface area contributed by atoms with Crippen molar-refractivity contribution >= 4 is 11.0 Å². The van der Waals surface area contributed by atoms with Crippen LogP contribution in [-0.2, 0) is 0 Å². The topological polar surface area (TPSA) is 29.9 Å². The van der Waals surface area contributed by atoms with E-state index in [2.05, 4.69) is 24.1 Å². The van der Waals surface area contributed by atoms with Crippen molar-refractivity contribution in [3.05, 3.63) is 30.1 Å². The van der Waals surface area contributed by atoms with Crippen LogP contribution in [0.15, 0.2) is 18.5 Å². The van der Waals surface area contributed by atoms with Crippen LogP contribution in [0.25, 0.3) is 11.0 Å². The second kappa shape index (κ2) is 5.65. The molecule has 2 rings (SSSR count). The highest BCUT2D eigenvalue weighted by Crippen LogP contribution is 2.20. The van der Waals surface area contributed by atoms with E-state index in [0.29, 0.717) is 17.1 Å². The van der Waals surface area contributed by atoms with Gasteiger partial charge in [-0.3, -0.25) is 0 Å². The summed E-state index contributed by atoms with van der Waals surface area (Å²) in [5.41, 5.74) is 1.10. The number of benzene rings is 1. The Balaban J connectivity index is 2.22. The molecule has 0 aliphatic rings. The molecule has 0 fully saturated rings. The molecule has 0 amide bonds. The maximum absolute atomic E-state index is 13.3. The lowest BCUT2D eigenvalue weighted by Gasteiger charge is -2.18. The molecule has 3 nitrogen and oxygen atoms in total. The van der Waals surface area contributed by atoms with Gasteiger partial charge in [0.15, 0.2) is 11.6 Å². The van der Waals surface area contributed by atoms with Crippen LogP contribution < -0.4 is 5.32 Å². The highest BCUT2D eigenvalue weighted by molar-refractivity contribution is 5.75. The van der Waals surface area contributed by atoms with Crippen molar-refractivity contribution in [2.75, 3.05) is 6.54 Å². The average Bonchev–Trinajstić information content (AvgIpc) is 2.79. The van der Waals surface area contributed by atoms with Gasteiger partial charge in [-0.25, -0.2) is 13.8 Å². The summed E-state index contributed by atoms with van der Waals surface area (Å²) in [5, 5.41) is 3.39. The Morgan fingerprint density at radius 1 is 1.26 bits per heavy atom. The third-order valence-corrected chi connectivity index (χ3v) is 3.47. The predicted molar refractivity (Wildman–Crippen MR) is 72.1 cm³/mol.